The molecule has 4 nitrogen and oxygen atoms in total. The molecule has 1 aromatic carbocycles. The summed E-state index contributed by atoms with van der Waals surface area (Å²) in [5, 5.41) is 4.05. The monoisotopic (exact) mass is 249 g/mol. The highest BCUT2D eigenvalue weighted by Gasteiger charge is 2.15. The first-order valence-corrected chi connectivity index (χ1v) is 5.71. The van der Waals surface area contributed by atoms with Crippen LogP contribution in [0.15, 0.2) is 30.6 Å². The topological polar surface area (TPSA) is 53.1 Å². The van der Waals surface area contributed by atoms with Crippen LogP contribution in [0.4, 0.5) is 4.39 Å². The maximum atomic E-state index is 13.6. The summed E-state index contributed by atoms with van der Waals surface area (Å²) >= 11 is 0. The minimum Gasteiger partial charge on any atom is -0.481 e. The molecule has 0 aliphatic rings. The molecule has 0 saturated heterocycles. The van der Waals surface area contributed by atoms with E-state index < -0.39 is 6.10 Å². The Kier molecular flexibility index (Phi) is 3.62. The molecule has 1 unspecified atom stereocenters. The van der Waals surface area contributed by atoms with Crippen molar-refractivity contribution in [2.24, 2.45) is 12.8 Å². The van der Waals surface area contributed by atoms with Gasteiger partial charge in [-0.2, -0.15) is 5.10 Å². The zero-order valence-corrected chi connectivity index (χ0v) is 10.4. The van der Waals surface area contributed by atoms with Gasteiger partial charge in [-0.05, 0) is 24.6 Å². The summed E-state index contributed by atoms with van der Waals surface area (Å²) in [5.41, 5.74) is 7.44. The van der Waals surface area contributed by atoms with E-state index >= 15 is 0 Å². The summed E-state index contributed by atoms with van der Waals surface area (Å²) in [7, 11) is 1.81. The average molecular weight is 249 g/mol. The summed E-state index contributed by atoms with van der Waals surface area (Å²) in [5.74, 6) is -0.169. The minimum atomic E-state index is -0.394. The molecule has 0 fully saturated rings. The Morgan fingerprint density at radius 3 is 2.89 bits per heavy atom. The number of halogens is 1. The van der Waals surface area contributed by atoms with Gasteiger partial charge in [0.15, 0.2) is 11.6 Å². The van der Waals surface area contributed by atoms with Crippen molar-refractivity contribution in [3.8, 4) is 5.75 Å². The molecule has 1 heterocycles. The van der Waals surface area contributed by atoms with Gasteiger partial charge >= 0.3 is 0 Å². The third kappa shape index (κ3) is 2.68. The highest BCUT2D eigenvalue weighted by Crippen LogP contribution is 2.24. The molecule has 2 aromatic rings. The van der Waals surface area contributed by atoms with Crippen molar-refractivity contribution < 1.29 is 9.13 Å². The predicted octanol–water partition coefficient (Wildman–Crippen LogP) is 1.95. The Morgan fingerprint density at radius 1 is 1.50 bits per heavy atom. The number of rotatable bonds is 4. The number of aryl methyl sites for hydroxylation is 2. The van der Waals surface area contributed by atoms with Crippen molar-refractivity contribution in [1.29, 1.82) is 0 Å². The van der Waals surface area contributed by atoms with Crippen LogP contribution >= 0.6 is 0 Å². The maximum absolute atomic E-state index is 13.6. The minimum absolute atomic E-state index is 0.217. The van der Waals surface area contributed by atoms with E-state index in [1.165, 1.54) is 6.07 Å². The number of hydrogen-bond acceptors (Lipinski definition) is 3. The fourth-order valence-electron chi connectivity index (χ4n) is 1.71. The number of benzene rings is 1. The fraction of sp³-hybridized carbons (Fsp3) is 0.308. The van der Waals surface area contributed by atoms with Crippen molar-refractivity contribution >= 4 is 0 Å². The highest BCUT2D eigenvalue weighted by atomic mass is 19.1. The second-order valence-corrected chi connectivity index (χ2v) is 4.22. The standard InChI is InChI=1S/C13H16FN3O/c1-9-3-4-11(14)12(5-9)18-13(6-15)10-7-16-17(2)8-10/h3-5,7-8,13H,6,15H2,1-2H3. The number of nitrogens with zero attached hydrogens (tertiary/aromatic N) is 2. The van der Waals surface area contributed by atoms with Crippen LogP contribution in [0.5, 0.6) is 5.75 Å². The molecule has 0 bridgehead atoms. The lowest BCUT2D eigenvalue weighted by Gasteiger charge is -2.16. The van der Waals surface area contributed by atoms with Gasteiger partial charge in [-0.1, -0.05) is 6.07 Å². The predicted molar refractivity (Wildman–Crippen MR) is 66.8 cm³/mol. The Morgan fingerprint density at radius 2 is 2.28 bits per heavy atom. The van der Waals surface area contributed by atoms with Gasteiger partial charge in [0.2, 0.25) is 0 Å². The molecule has 96 valence electrons. The molecular weight excluding hydrogens is 233 g/mol. The Hall–Kier alpha value is -1.88. The van der Waals surface area contributed by atoms with E-state index in [9.17, 15) is 4.39 Å². The first-order valence-electron chi connectivity index (χ1n) is 5.71. The van der Waals surface area contributed by atoms with Gasteiger partial charge in [-0.3, -0.25) is 4.68 Å². The van der Waals surface area contributed by atoms with Crippen molar-refractivity contribution in [3.05, 3.63) is 47.5 Å². The molecule has 0 spiro atoms. The molecule has 0 radical (unpaired) electrons. The molecule has 0 aliphatic heterocycles. The normalized spacial score (nSPS) is 12.4. The third-order valence-electron chi connectivity index (χ3n) is 2.67. The summed E-state index contributed by atoms with van der Waals surface area (Å²) in [6.45, 7) is 2.15. The first-order chi connectivity index (χ1) is 8.60. The van der Waals surface area contributed by atoms with Crippen LogP contribution < -0.4 is 10.5 Å². The Labute approximate surface area is 105 Å². The summed E-state index contributed by atoms with van der Waals surface area (Å²) in [6, 6.07) is 4.75. The number of nitrogens with two attached hydrogens (primary N) is 1. The Balaban J connectivity index is 2.22. The third-order valence-corrected chi connectivity index (χ3v) is 2.67. The molecule has 5 heteroatoms. The second kappa shape index (κ2) is 5.18. The lowest BCUT2D eigenvalue weighted by molar-refractivity contribution is 0.204. The summed E-state index contributed by atoms with van der Waals surface area (Å²) in [4.78, 5) is 0. The second-order valence-electron chi connectivity index (χ2n) is 4.22. The zero-order chi connectivity index (χ0) is 13.1. The van der Waals surface area contributed by atoms with Crippen LogP contribution in [0.1, 0.15) is 17.2 Å². The van der Waals surface area contributed by atoms with E-state index in [2.05, 4.69) is 5.10 Å². The van der Waals surface area contributed by atoms with Crippen LogP contribution in [0.2, 0.25) is 0 Å². The zero-order valence-electron chi connectivity index (χ0n) is 10.4. The van der Waals surface area contributed by atoms with Crippen LogP contribution in [0.25, 0.3) is 0 Å². The van der Waals surface area contributed by atoms with E-state index in [-0.39, 0.29) is 18.1 Å². The van der Waals surface area contributed by atoms with Gasteiger partial charge < -0.3 is 10.5 Å². The van der Waals surface area contributed by atoms with Gasteiger partial charge in [0.1, 0.15) is 6.10 Å². The lowest BCUT2D eigenvalue weighted by atomic mass is 10.2. The molecule has 1 atom stereocenters. The summed E-state index contributed by atoms with van der Waals surface area (Å²) < 4.78 is 20.9. The molecular formula is C13H16FN3O. The molecule has 1 aromatic heterocycles. The van der Waals surface area contributed by atoms with E-state index in [4.69, 9.17) is 10.5 Å². The van der Waals surface area contributed by atoms with E-state index in [0.29, 0.717) is 0 Å². The van der Waals surface area contributed by atoms with Gasteiger partial charge in [-0.25, -0.2) is 4.39 Å². The maximum Gasteiger partial charge on any atom is 0.165 e. The molecule has 0 saturated carbocycles. The average Bonchev–Trinajstić information content (AvgIpc) is 2.77. The van der Waals surface area contributed by atoms with Gasteiger partial charge in [0.25, 0.3) is 0 Å². The fourth-order valence-corrected chi connectivity index (χ4v) is 1.71. The van der Waals surface area contributed by atoms with Crippen molar-refractivity contribution in [2.75, 3.05) is 6.54 Å². The molecule has 18 heavy (non-hydrogen) atoms. The number of hydrogen-bond donors (Lipinski definition) is 1. The largest absolute Gasteiger partial charge is 0.481 e. The van der Waals surface area contributed by atoms with Crippen molar-refractivity contribution in [2.45, 2.75) is 13.0 Å². The van der Waals surface area contributed by atoms with E-state index in [1.54, 1.807) is 23.0 Å². The van der Waals surface area contributed by atoms with Gasteiger partial charge in [0, 0.05) is 25.4 Å². The van der Waals surface area contributed by atoms with Gasteiger partial charge in [-0.15, -0.1) is 0 Å². The Bertz CT molecular complexity index is 539. The van der Waals surface area contributed by atoms with Crippen molar-refractivity contribution in [1.82, 2.24) is 9.78 Å². The van der Waals surface area contributed by atoms with Crippen LogP contribution in [-0.4, -0.2) is 16.3 Å². The first kappa shape index (κ1) is 12.6. The molecule has 0 aliphatic carbocycles. The van der Waals surface area contributed by atoms with E-state index in [0.717, 1.165) is 11.1 Å². The smallest absolute Gasteiger partial charge is 0.165 e. The summed E-state index contributed by atoms with van der Waals surface area (Å²) in [6.07, 6.45) is 3.09. The van der Waals surface area contributed by atoms with Crippen LogP contribution in [0, 0.1) is 12.7 Å². The molecule has 2 rings (SSSR count). The van der Waals surface area contributed by atoms with Gasteiger partial charge in [0.05, 0.1) is 6.20 Å². The number of aromatic nitrogens is 2. The van der Waals surface area contributed by atoms with Crippen molar-refractivity contribution in [3.63, 3.8) is 0 Å². The lowest BCUT2D eigenvalue weighted by Crippen LogP contribution is -2.18. The molecule has 2 N–H and O–H groups in total. The van der Waals surface area contributed by atoms with E-state index in [1.807, 2.05) is 20.2 Å². The highest BCUT2D eigenvalue weighted by molar-refractivity contribution is 5.30. The SMILES string of the molecule is Cc1ccc(F)c(OC(CN)c2cnn(C)c2)c1. The van der Waals surface area contributed by atoms with Crippen LogP contribution in [-0.2, 0) is 7.05 Å². The van der Waals surface area contributed by atoms with Crippen LogP contribution in [0.3, 0.4) is 0 Å². The number of ether oxygens (including phenoxy) is 1. The molecule has 0 amide bonds. The quantitative estimate of drug-likeness (QED) is 0.901.